The van der Waals surface area contributed by atoms with Crippen LogP contribution in [0.4, 0.5) is 5.82 Å². The third-order valence-corrected chi connectivity index (χ3v) is 3.76. The summed E-state index contributed by atoms with van der Waals surface area (Å²) >= 11 is 6.05. The lowest BCUT2D eigenvalue weighted by atomic mass is 10.1. The zero-order valence-electron chi connectivity index (χ0n) is 11.2. The van der Waals surface area contributed by atoms with Crippen LogP contribution in [-0.2, 0) is 10.6 Å². The molecule has 0 saturated carbocycles. The Hall–Kier alpha value is -0.800. The Kier molecular flexibility index (Phi) is 4.84. The largest absolute Gasteiger partial charge is 0.381 e. The molecule has 18 heavy (non-hydrogen) atoms. The van der Waals surface area contributed by atoms with Crippen molar-refractivity contribution >= 4 is 17.4 Å². The number of alkyl halides is 1. The topological polar surface area (TPSA) is 25.4 Å². The van der Waals surface area contributed by atoms with E-state index in [0.717, 1.165) is 49.5 Å². The second-order valence-corrected chi connectivity index (χ2v) is 5.03. The number of aryl methyl sites for hydroxylation is 1. The predicted molar refractivity (Wildman–Crippen MR) is 75.4 cm³/mol. The number of aromatic nitrogens is 1. The third kappa shape index (κ3) is 2.96. The monoisotopic (exact) mass is 268 g/mol. The summed E-state index contributed by atoms with van der Waals surface area (Å²) in [5, 5.41) is 0. The molecule has 1 aliphatic rings. The van der Waals surface area contributed by atoms with Crippen molar-refractivity contribution in [3.05, 3.63) is 23.4 Å². The molecule has 0 amide bonds. The average molecular weight is 269 g/mol. The minimum atomic E-state index is 0.518. The Balaban J connectivity index is 2.25. The highest BCUT2D eigenvalue weighted by molar-refractivity contribution is 6.17. The van der Waals surface area contributed by atoms with Gasteiger partial charge in [-0.2, -0.15) is 0 Å². The zero-order chi connectivity index (χ0) is 13.0. The van der Waals surface area contributed by atoms with Gasteiger partial charge in [-0.25, -0.2) is 4.98 Å². The molecule has 0 unspecified atom stereocenters. The number of anilines is 1. The van der Waals surface area contributed by atoms with Gasteiger partial charge in [0.05, 0.1) is 5.88 Å². The number of ether oxygens (including phenoxy) is 1. The van der Waals surface area contributed by atoms with E-state index in [1.54, 1.807) is 0 Å². The van der Waals surface area contributed by atoms with E-state index in [4.69, 9.17) is 16.3 Å². The fraction of sp³-hybridized carbons (Fsp3) is 0.643. The van der Waals surface area contributed by atoms with Crippen LogP contribution in [0.2, 0.25) is 0 Å². The smallest absolute Gasteiger partial charge is 0.133 e. The maximum absolute atomic E-state index is 6.05. The molecule has 1 saturated heterocycles. The maximum Gasteiger partial charge on any atom is 0.133 e. The van der Waals surface area contributed by atoms with E-state index in [1.807, 2.05) is 6.20 Å². The normalized spacial score (nSPS) is 16.8. The number of rotatable bonds is 4. The molecule has 0 spiro atoms. The second kappa shape index (κ2) is 6.39. The number of hydrogen-bond acceptors (Lipinski definition) is 3. The molecule has 4 heteroatoms. The van der Waals surface area contributed by atoms with Crippen LogP contribution in [0.5, 0.6) is 0 Å². The SMILES string of the molecule is CCN(c1ncc(C)cc1CCl)C1CCOCC1. The van der Waals surface area contributed by atoms with E-state index in [1.165, 1.54) is 0 Å². The van der Waals surface area contributed by atoms with Gasteiger partial charge >= 0.3 is 0 Å². The fourth-order valence-electron chi connectivity index (χ4n) is 2.56. The summed E-state index contributed by atoms with van der Waals surface area (Å²) in [7, 11) is 0. The van der Waals surface area contributed by atoms with Crippen molar-refractivity contribution in [1.82, 2.24) is 4.98 Å². The Morgan fingerprint density at radius 3 is 2.78 bits per heavy atom. The summed E-state index contributed by atoms with van der Waals surface area (Å²) in [6, 6.07) is 2.66. The molecule has 0 aliphatic carbocycles. The molecule has 1 aliphatic heterocycles. The minimum absolute atomic E-state index is 0.518. The minimum Gasteiger partial charge on any atom is -0.381 e. The summed E-state index contributed by atoms with van der Waals surface area (Å²) in [4.78, 5) is 6.97. The number of nitrogens with zero attached hydrogens (tertiary/aromatic N) is 2. The van der Waals surface area contributed by atoms with Crippen LogP contribution in [0.25, 0.3) is 0 Å². The number of pyridine rings is 1. The van der Waals surface area contributed by atoms with Crippen molar-refractivity contribution in [1.29, 1.82) is 0 Å². The Morgan fingerprint density at radius 2 is 2.17 bits per heavy atom. The third-order valence-electron chi connectivity index (χ3n) is 3.47. The molecular weight excluding hydrogens is 248 g/mol. The zero-order valence-corrected chi connectivity index (χ0v) is 11.9. The highest BCUT2D eigenvalue weighted by Gasteiger charge is 2.23. The van der Waals surface area contributed by atoms with Crippen molar-refractivity contribution in [3.8, 4) is 0 Å². The molecule has 0 aromatic carbocycles. The summed E-state index contributed by atoms with van der Waals surface area (Å²) in [5.74, 6) is 1.56. The van der Waals surface area contributed by atoms with Crippen molar-refractivity contribution in [3.63, 3.8) is 0 Å². The molecule has 3 nitrogen and oxygen atoms in total. The summed E-state index contributed by atoms with van der Waals surface area (Å²) < 4.78 is 5.43. The Morgan fingerprint density at radius 1 is 1.44 bits per heavy atom. The molecule has 1 aromatic heterocycles. The van der Waals surface area contributed by atoms with E-state index in [0.29, 0.717) is 11.9 Å². The van der Waals surface area contributed by atoms with Gasteiger partial charge in [-0.1, -0.05) is 0 Å². The van der Waals surface area contributed by atoms with Crippen LogP contribution in [0.1, 0.15) is 30.9 Å². The maximum atomic E-state index is 6.05. The van der Waals surface area contributed by atoms with E-state index < -0.39 is 0 Å². The summed E-state index contributed by atoms with van der Waals surface area (Å²) in [5.41, 5.74) is 2.29. The molecule has 2 rings (SSSR count). The molecule has 1 fully saturated rings. The van der Waals surface area contributed by atoms with Crippen LogP contribution < -0.4 is 4.90 Å². The number of halogens is 1. The van der Waals surface area contributed by atoms with Gasteiger partial charge in [-0.05, 0) is 38.3 Å². The molecule has 0 radical (unpaired) electrons. The quantitative estimate of drug-likeness (QED) is 0.785. The summed E-state index contributed by atoms with van der Waals surface area (Å²) in [6.07, 6.45) is 4.07. The fourth-order valence-corrected chi connectivity index (χ4v) is 2.75. The summed E-state index contributed by atoms with van der Waals surface area (Å²) in [6.45, 7) is 6.89. The van der Waals surface area contributed by atoms with Gasteiger partial charge in [0, 0.05) is 37.6 Å². The van der Waals surface area contributed by atoms with Crippen molar-refractivity contribution in [2.24, 2.45) is 0 Å². The van der Waals surface area contributed by atoms with Crippen molar-refractivity contribution in [2.75, 3.05) is 24.7 Å². The predicted octanol–water partition coefficient (Wildman–Crippen LogP) is 3.13. The standard InChI is InChI=1S/C14H21ClN2O/c1-3-17(13-4-6-18-7-5-13)14-12(9-15)8-11(2)10-16-14/h8,10,13H,3-7,9H2,1-2H3. The molecule has 0 atom stereocenters. The number of hydrogen-bond donors (Lipinski definition) is 0. The molecule has 2 heterocycles. The van der Waals surface area contributed by atoms with Gasteiger partial charge in [0.2, 0.25) is 0 Å². The molecule has 100 valence electrons. The lowest BCUT2D eigenvalue weighted by Gasteiger charge is -2.35. The van der Waals surface area contributed by atoms with Crippen LogP contribution in [0, 0.1) is 6.92 Å². The van der Waals surface area contributed by atoms with Gasteiger partial charge in [-0.15, -0.1) is 11.6 Å². The van der Waals surface area contributed by atoms with Gasteiger partial charge in [0.25, 0.3) is 0 Å². The van der Waals surface area contributed by atoms with E-state index in [9.17, 15) is 0 Å². The van der Waals surface area contributed by atoms with E-state index in [2.05, 4.69) is 29.8 Å². The van der Waals surface area contributed by atoms with E-state index in [-0.39, 0.29) is 0 Å². The first-order chi connectivity index (χ1) is 8.76. The molecule has 0 bridgehead atoms. The first-order valence-electron chi connectivity index (χ1n) is 6.62. The van der Waals surface area contributed by atoms with Crippen LogP contribution in [0.15, 0.2) is 12.3 Å². The lowest BCUT2D eigenvalue weighted by molar-refractivity contribution is 0.0845. The average Bonchev–Trinajstić information content (AvgIpc) is 2.42. The van der Waals surface area contributed by atoms with Gasteiger partial charge in [0.15, 0.2) is 0 Å². The van der Waals surface area contributed by atoms with Crippen molar-refractivity contribution in [2.45, 2.75) is 38.6 Å². The lowest BCUT2D eigenvalue weighted by Crippen LogP contribution is -2.40. The van der Waals surface area contributed by atoms with Gasteiger partial charge in [0.1, 0.15) is 5.82 Å². The van der Waals surface area contributed by atoms with Crippen LogP contribution >= 0.6 is 11.6 Å². The van der Waals surface area contributed by atoms with Gasteiger partial charge < -0.3 is 9.64 Å². The van der Waals surface area contributed by atoms with Crippen LogP contribution in [-0.4, -0.2) is 30.8 Å². The Labute approximate surface area is 114 Å². The first kappa shape index (κ1) is 13.6. The van der Waals surface area contributed by atoms with Crippen molar-refractivity contribution < 1.29 is 4.74 Å². The first-order valence-corrected chi connectivity index (χ1v) is 7.15. The molecule has 1 aromatic rings. The van der Waals surface area contributed by atoms with Gasteiger partial charge in [-0.3, -0.25) is 0 Å². The molecular formula is C14H21ClN2O. The Bertz CT molecular complexity index is 391. The van der Waals surface area contributed by atoms with E-state index >= 15 is 0 Å². The second-order valence-electron chi connectivity index (χ2n) is 4.76. The molecule has 0 N–H and O–H groups in total. The highest BCUT2D eigenvalue weighted by Crippen LogP contribution is 2.26. The van der Waals surface area contributed by atoms with Crippen LogP contribution in [0.3, 0.4) is 0 Å². The highest BCUT2D eigenvalue weighted by atomic mass is 35.5.